The van der Waals surface area contributed by atoms with Crippen LogP contribution >= 0.6 is 11.6 Å². The van der Waals surface area contributed by atoms with Crippen LogP contribution in [0.4, 0.5) is 5.69 Å². The number of pyridine rings is 1. The van der Waals surface area contributed by atoms with Crippen LogP contribution in [0.5, 0.6) is 0 Å². The predicted molar refractivity (Wildman–Crippen MR) is 83.2 cm³/mol. The van der Waals surface area contributed by atoms with Gasteiger partial charge in [0.1, 0.15) is 0 Å². The van der Waals surface area contributed by atoms with Crippen LogP contribution in [0.2, 0.25) is 5.02 Å². The fraction of sp³-hybridized carbons (Fsp3) is 0.400. The van der Waals surface area contributed by atoms with Gasteiger partial charge in [0.25, 0.3) is 0 Å². The molecule has 0 spiro atoms. The molecule has 0 fully saturated rings. The van der Waals surface area contributed by atoms with Crippen molar-refractivity contribution in [2.45, 2.75) is 6.42 Å². The highest BCUT2D eigenvalue weighted by molar-refractivity contribution is 6.31. The number of hydrogen-bond acceptors (Lipinski definition) is 3. The predicted octanol–water partition coefficient (Wildman–Crippen LogP) is 3.28. The lowest BCUT2D eigenvalue weighted by molar-refractivity contribution is 0.402. The summed E-state index contributed by atoms with van der Waals surface area (Å²) in [5, 5.41) is 1.88. The Labute approximate surface area is 119 Å². The first-order valence-electron chi connectivity index (χ1n) is 6.48. The maximum atomic E-state index is 6.01. The van der Waals surface area contributed by atoms with E-state index in [-0.39, 0.29) is 0 Å². The van der Waals surface area contributed by atoms with Crippen molar-refractivity contribution in [2.75, 3.05) is 39.1 Å². The molecule has 1 aromatic carbocycles. The van der Waals surface area contributed by atoms with E-state index in [0.29, 0.717) is 0 Å². The third kappa shape index (κ3) is 3.58. The van der Waals surface area contributed by atoms with E-state index in [1.165, 1.54) is 5.69 Å². The van der Waals surface area contributed by atoms with Gasteiger partial charge in [-0.1, -0.05) is 11.6 Å². The normalized spacial score (nSPS) is 11.2. The molecule has 0 aliphatic heterocycles. The van der Waals surface area contributed by atoms with Gasteiger partial charge >= 0.3 is 0 Å². The second-order valence-electron chi connectivity index (χ2n) is 5.07. The van der Waals surface area contributed by atoms with Crippen LogP contribution in [0, 0.1) is 0 Å². The molecule has 102 valence electrons. The van der Waals surface area contributed by atoms with Gasteiger partial charge in [0.05, 0.1) is 5.52 Å². The molecule has 0 aliphatic rings. The molecule has 0 atom stereocenters. The first-order chi connectivity index (χ1) is 9.08. The molecule has 2 rings (SSSR count). The van der Waals surface area contributed by atoms with Crippen LogP contribution in [0.3, 0.4) is 0 Å². The standard InChI is InChI=1S/C15H20ClN3/c1-18(2)9-4-10-19(3)15-7-8-17-14-11-12(16)5-6-13(14)15/h5-8,11H,4,9-10H2,1-3H3. The molecule has 19 heavy (non-hydrogen) atoms. The number of hydrogen-bond donors (Lipinski definition) is 0. The molecule has 1 heterocycles. The van der Waals surface area contributed by atoms with Crippen LogP contribution in [0.1, 0.15) is 6.42 Å². The maximum Gasteiger partial charge on any atom is 0.0737 e. The minimum absolute atomic E-state index is 0.729. The summed E-state index contributed by atoms with van der Waals surface area (Å²) in [4.78, 5) is 8.86. The summed E-state index contributed by atoms with van der Waals surface area (Å²) < 4.78 is 0. The monoisotopic (exact) mass is 277 g/mol. The van der Waals surface area contributed by atoms with Gasteiger partial charge in [-0.05, 0) is 51.3 Å². The van der Waals surface area contributed by atoms with E-state index in [2.05, 4.69) is 42.0 Å². The minimum Gasteiger partial charge on any atom is -0.374 e. The van der Waals surface area contributed by atoms with Gasteiger partial charge in [-0.2, -0.15) is 0 Å². The smallest absolute Gasteiger partial charge is 0.0737 e. The Hall–Kier alpha value is -1.32. The average Bonchev–Trinajstić information content (AvgIpc) is 2.37. The zero-order valence-electron chi connectivity index (χ0n) is 11.7. The summed E-state index contributed by atoms with van der Waals surface area (Å²) in [7, 11) is 6.33. The van der Waals surface area contributed by atoms with Crippen molar-refractivity contribution in [1.82, 2.24) is 9.88 Å². The topological polar surface area (TPSA) is 19.4 Å². The average molecular weight is 278 g/mol. The van der Waals surface area contributed by atoms with Crippen LogP contribution in [-0.2, 0) is 0 Å². The lowest BCUT2D eigenvalue weighted by atomic mass is 10.1. The van der Waals surface area contributed by atoms with Crippen LogP contribution in [-0.4, -0.2) is 44.1 Å². The summed E-state index contributed by atoms with van der Waals surface area (Å²) >= 11 is 6.01. The van der Waals surface area contributed by atoms with Gasteiger partial charge < -0.3 is 9.80 Å². The molecule has 0 bridgehead atoms. The van der Waals surface area contributed by atoms with Gasteiger partial charge in [-0.25, -0.2) is 0 Å². The largest absolute Gasteiger partial charge is 0.374 e. The van der Waals surface area contributed by atoms with E-state index >= 15 is 0 Å². The van der Waals surface area contributed by atoms with Crippen LogP contribution in [0.25, 0.3) is 10.9 Å². The summed E-state index contributed by atoms with van der Waals surface area (Å²) in [5.41, 5.74) is 2.16. The number of aromatic nitrogens is 1. The lowest BCUT2D eigenvalue weighted by Gasteiger charge is -2.22. The van der Waals surface area contributed by atoms with Crippen molar-refractivity contribution >= 4 is 28.2 Å². The van der Waals surface area contributed by atoms with Gasteiger partial charge in [0.2, 0.25) is 0 Å². The van der Waals surface area contributed by atoms with Crippen molar-refractivity contribution in [2.24, 2.45) is 0 Å². The molecule has 0 saturated heterocycles. The Bertz CT molecular complexity index is 554. The Balaban J connectivity index is 2.19. The lowest BCUT2D eigenvalue weighted by Crippen LogP contribution is -2.23. The summed E-state index contributed by atoms with van der Waals surface area (Å²) in [5.74, 6) is 0. The SMILES string of the molecule is CN(C)CCCN(C)c1ccnc2cc(Cl)ccc12. The second kappa shape index (κ2) is 6.22. The maximum absolute atomic E-state index is 6.01. The van der Waals surface area contributed by atoms with Crippen molar-refractivity contribution in [3.05, 3.63) is 35.5 Å². The fourth-order valence-electron chi connectivity index (χ4n) is 2.18. The molecule has 0 unspecified atom stereocenters. The third-order valence-corrected chi connectivity index (χ3v) is 3.43. The number of fused-ring (bicyclic) bond motifs is 1. The number of benzene rings is 1. The number of rotatable bonds is 5. The highest BCUT2D eigenvalue weighted by atomic mass is 35.5. The van der Waals surface area contributed by atoms with E-state index in [9.17, 15) is 0 Å². The van der Waals surface area contributed by atoms with Gasteiger partial charge in [0.15, 0.2) is 0 Å². The number of halogens is 1. The van der Waals surface area contributed by atoms with E-state index < -0.39 is 0 Å². The highest BCUT2D eigenvalue weighted by Gasteiger charge is 2.07. The quantitative estimate of drug-likeness (QED) is 0.836. The summed E-state index contributed by atoms with van der Waals surface area (Å²) in [6, 6.07) is 7.94. The van der Waals surface area contributed by atoms with E-state index in [4.69, 9.17) is 11.6 Å². The van der Waals surface area contributed by atoms with Crippen molar-refractivity contribution < 1.29 is 0 Å². The van der Waals surface area contributed by atoms with E-state index in [0.717, 1.165) is 35.4 Å². The Morgan fingerprint density at radius 2 is 1.89 bits per heavy atom. The first-order valence-corrected chi connectivity index (χ1v) is 6.86. The van der Waals surface area contributed by atoms with Crippen molar-refractivity contribution in [3.63, 3.8) is 0 Å². The molecule has 2 aromatic rings. The molecule has 3 nitrogen and oxygen atoms in total. The number of nitrogens with zero attached hydrogens (tertiary/aromatic N) is 3. The first kappa shape index (κ1) is 14.1. The molecule has 4 heteroatoms. The Morgan fingerprint density at radius 1 is 1.11 bits per heavy atom. The minimum atomic E-state index is 0.729. The zero-order chi connectivity index (χ0) is 13.8. The fourth-order valence-corrected chi connectivity index (χ4v) is 2.35. The Morgan fingerprint density at radius 3 is 2.63 bits per heavy atom. The van der Waals surface area contributed by atoms with Crippen LogP contribution in [0.15, 0.2) is 30.5 Å². The van der Waals surface area contributed by atoms with Crippen molar-refractivity contribution in [3.8, 4) is 0 Å². The molecular weight excluding hydrogens is 258 g/mol. The molecule has 0 N–H and O–H groups in total. The van der Waals surface area contributed by atoms with Crippen molar-refractivity contribution in [1.29, 1.82) is 0 Å². The van der Waals surface area contributed by atoms with E-state index in [1.807, 2.05) is 24.4 Å². The Kier molecular flexibility index (Phi) is 4.61. The highest BCUT2D eigenvalue weighted by Crippen LogP contribution is 2.26. The van der Waals surface area contributed by atoms with Gasteiger partial charge in [-0.3, -0.25) is 4.98 Å². The molecule has 0 amide bonds. The number of anilines is 1. The van der Waals surface area contributed by atoms with Gasteiger partial charge in [0, 0.05) is 35.9 Å². The molecule has 0 saturated carbocycles. The molecular formula is C15H20ClN3. The zero-order valence-corrected chi connectivity index (χ0v) is 12.5. The molecule has 0 radical (unpaired) electrons. The molecule has 0 aliphatic carbocycles. The van der Waals surface area contributed by atoms with E-state index in [1.54, 1.807) is 0 Å². The summed E-state index contributed by atoms with van der Waals surface area (Å²) in [6.45, 7) is 2.12. The second-order valence-corrected chi connectivity index (χ2v) is 5.51. The van der Waals surface area contributed by atoms with Gasteiger partial charge in [-0.15, -0.1) is 0 Å². The third-order valence-electron chi connectivity index (χ3n) is 3.19. The summed E-state index contributed by atoms with van der Waals surface area (Å²) in [6.07, 6.45) is 2.98. The molecule has 1 aromatic heterocycles. The van der Waals surface area contributed by atoms with Crippen LogP contribution < -0.4 is 4.90 Å².